The van der Waals surface area contributed by atoms with E-state index in [4.69, 9.17) is 5.73 Å². The van der Waals surface area contributed by atoms with E-state index < -0.39 is 0 Å². The Morgan fingerprint density at radius 1 is 1.06 bits per heavy atom. The summed E-state index contributed by atoms with van der Waals surface area (Å²) < 4.78 is 0. The van der Waals surface area contributed by atoms with Crippen molar-refractivity contribution in [2.24, 2.45) is 11.7 Å². The van der Waals surface area contributed by atoms with Crippen LogP contribution in [-0.2, 0) is 0 Å². The first-order valence-corrected chi connectivity index (χ1v) is 5.44. The number of benzene rings is 1. The van der Waals surface area contributed by atoms with Gasteiger partial charge >= 0.3 is 0 Å². The molecule has 2 nitrogen and oxygen atoms in total. The monoisotopic (exact) mass is 212 g/mol. The van der Waals surface area contributed by atoms with Gasteiger partial charge in [-0.05, 0) is 30.2 Å². The van der Waals surface area contributed by atoms with Crippen molar-refractivity contribution in [1.82, 2.24) is 0 Å². The molecular weight excluding hydrogens is 196 g/mol. The van der Waals surface area contributed by atoms with Crippen LogP contribution < -0.4 is 11.1 Å². The van der Waals surface area contributed by atoms with Gasteiger partial charge in [-0.3, -0.25) is 0 Å². The lowest BCUT2D eigenvalue weighted by Gasteiger charge is -2.08. The van der Waals surface area contributed by atoms with Crippen molar-refractivity contribution in [2.45, 2.75) is 6.92 Å². The molecule has 0 spiro atoms. The quantitative estimate of drug-likeness (QED) is 0.790. The minimum absolute atomic E-state index is 0.425. The molecule has 0 radical (unpaired) electrons. The highest BCUT2D eigenvalue weighted by Gasteiger charge is 2.03. The van der Waals surface area contributed by atoms with E-state index in [2.05, 4.69) is 24.4 Å². The Kier molecular flexibility index (Phi) is 3.10. The molecule has 0 saturated carbocycles. The van der Waals surface area contributed by atoms with Gasteiger partial charge in [-0.1, -0.05) is 37.3 Å². The highest BCUT2D eigenvalue weighted by atomic mass is 14.9. The lowest BCUT2D eigenvalue weighted by atomic mass is 10.1. The van der Waals surface area contributed by atoms with Gasteiger partial charge in [0.1, 0.15) is 0 Å². The highest BCUT2D eigenvalue weighted by Crippen LogP contribution is 2.16. The van der Waals surface area contributed by atoms with Gasteiger partial charge in [-0.2, -0.15) is 0 Å². The van der Waals surface area contributed by atoms with Gasteiger partial charge in [-0.25, -0.2) is 0 Å². The van der Waals surface area contributed by atoms with Gasteiger partial charge in [0.15, 0.2) is 0 Å². The Labute approximate surface area is 96.2 Å². The maximum Gasteiger partial charge on any atom is 0.0614 e. The molecule has 1 aromatic rings. The van der Waals surface area contributed by atoms with Gasteiger partial charge in [0, 0.05) is 5.69 Å². The topological polar surface area (TPSA) is 38.0 Å². The van der Waals surface area contributed by atoms with E-state index >= 15 is 0 Å². The van der Waals surface area contributed by atoms with Crippen LogP contribution in [0.15, 0.2) is 66.0 Å². The highest BCUT2D eigenvalue weighted by molar-refractivity contribution is 5.53. The third kappa shape index (κ3) is 2.54. The number of hydrogen-bond donors (Lipinski definition) is 2. The summed E-state index contributed by atoms with van der Waals surface area (Å²) in [5, 5.41) is 3.31. The van der Waals surface area contributed by atoms with Crippen molar-refractivity contribution in [3.05, 3.63) is 66.0 Å². The third-order valence-electron chi connectivity index (χ3n) is 2.51. The van der Waals surface area contributed by atoms with E-state index in [9.17, 15) is 0 Å². The summed E-state index contributed by atoms with van der Waals surface area (Å²) in [6, 6.07) is 10.0. The second-order valence-corrected chi connectivity index (χ2v) is 3.94. The molecule has 2 heteroatoms. The van der Waals surface area contributed by atoms with Crippen molar-refractivity contribution >= 4 is 5.69 Å². The molecule has 0 bridgehead atoms. The predicted octanol–water partition coefficient (Wildman–Crippen LogP) is 3.03. The molecule has 0 aliphatic heterocycles. The summed E-state index contributed by atoms with van der Waals surface area (Å²) >= 11 is 0. The number of anilines is 1. The van der Waals surface area contributed by atoms with Gasteiger partial charge in [-0.15, -0.1) is 0 Å². The van der Waals surface area contributed by atoms with Crippen molar-refractivity contribution in [3.8, 4) is 0 Å². The SMILES string of the molecule is CC1C=CC(N)=C(Nc2ccccc2)C=C1. The molecule has 2 rings (SSSR count). The third-order valence-corrected chi connectivity index (χ3v) is 2.51. The summed E-state index contributed by atoms with van der Waals surface area (Å²) in [4.78, 5) is 0. The molecule has 1 aromatic carbocycles. The van der Waals surface area contributed by atoms with Crippen LogP contribution in [0.1, 0.15) is 6.92 Å². The zero-order chi connectivity index (χ0) is 11.4. The fourth-order valence-corrected chi connectivity index (χ4v) is 1.54. The zero-order valence-electron chi connectivity index (χ0n) is 9.35. The first-order chi connectivity index (χ1) is 7.75. The smallest absolute Gasteiger partial charge is 0.0614 e. The lowest BCUT2D eigenvalue weighted by Crippen LogP contribution is -2.05. The number of nitrogens with two attached hydrogens (primary N) is 1. The molecule has 16 heavy (non-hydrogen) atoms. The van der Waals surface area contributed by atoms with E-state index in [1.54, 1.807) is 0 Å². The van der Waals surface area contributed by atoms with Crippen LogP contribution in [0.5, 0.6) is 0 Å². The maximum atomic E-state index is 5.97. The molecular formula is C14H16N2. The van der Waals surface area contributed by atoms with Crippen molar-refractivity contribution in [2.75, 3.05) is 5.32 Å². The number of allylic oxidation sites excluding steroid dienone is 4. The maximum absolute atomic E-state index is 5.97. The average Bonchev–Trinajstić information content (AvgIpc) is 2.46. The van der Waals surface area contributed by atoms with Crippen molar-refractivity contribution in [1.29, 1.82) is 0 Å². The van der Waals surface area contributed by atoms with Crippen LogP contribution in [-0.4, -0.2) is 0 Å². The number of nitrogens with one attached hydrogen (secondary N) is 1. The molecule has 1 aliphatic rings. The Balaban J connectivity index is 2.21. The van der Waals surface area contributed by atoms with Gasteiger partial charge < -0.3 is 11.1 Å². The molecule has 0 heterocycles. The summed E-state index contributed by atoms with van der Waals surface area (Å²) in [5.74, 6) is 0.425. The van der Waals surface area contributed by atoms with Crippen LogP contribution in [0.3, 0.4) is 0 Å². The van der Waals surface area contributed by atoms with Crippen LogP contribution >= 0.6 is 0 Å². The largest absolute Gasteiger partial charge is 0.397 e. The van der Waals surface area contributed by atoms with E-state index in [1.807, 2.05) is 42.5 Å². The minimum atomic E-state index is 0.425. The Bertz CT molecular complexity index is 441. The van der Waals surface area contributed by atoms with Crippen LogP contribution in [0.25, 0.3) is 0 Å². The van der Waals surface area contributed by atoms with Crippen LogP contribution in [0, 0.1) is 5.92 Å². The van der Waals surface area contributed by atoms with Crippen molar-refractivity contribution in [3.63, 3.8) is 0 Å². The lowest BCUT2D eigenvalue weighted by molar-refractivity contribution is 0.941. The molecule has 0 fully saturated rings. The minimum Gasteiger partial charge on any atom is -0.397 e. The van der Waals surface area contributed by atoms with E-state index in [1.165, 1.54) is 0 Å². The van der Waals surface area contributed by atoms with Gasteiger partial charge in [0.2, 0.25) is 0 Å². The summed E-state index contributed by atoms with van der Waals surface area (Å²) in [7, 11) is 0. The van der Waals surface area contributed by atoms with E-state index in [0.717, 1.165) is 17.1 Å². The number of rotatable bonds is 2. The molecule has 1 unspecified atom stereocenters. The van der Waals surface area contributed by atoms with Crippen molar-refractivity contribution < 1.29 is 0 Å². The molecule has 1 aliphatic carbocycles. The van der Waals surface area contributed by atoms with Gasteiger partial charge in [0.05, 0.1) is 11.4 Å². The average molecular weight is 212 g/mol. The number of para-hydroxylation sites is 1. The molecule has 0 aromatic heterocycles. The van der Waals surface area contributed by atoms with Crippen LogP contribution in [0.4, 0.5) is 5.69 Å². The Morgan fingerprint density at radius 3 is 2.50 bits per heavy atom. The molecule has 82 valence electrons. The summed E-state index contributed by atoms with van der Waals surface area (Å²) in [6.07, 6.45) is 8.20. The van der Waals surface area contributed by atoms with Gasteiger partial charge in [0.25, 0.3) is 0 Å². The predicted molar refractivity (Wildman–Crippen MR) is 68.7 cm³/mol. The number of hydrogen-bond acceptors (Lipinski definition) is 2. The molecule has 0 saturated heterocycles. The first-order valence-electron chi connectivity index (χ1n) is 5.44. The summed E-state index contributed by atoms with van der Waals surface area (Å²) in [6.45, 7) is 2.13. The Morgan fingerprint density at radius 2 is 1.75 bits per heavy atom. The normalized spacial score (nSPS) is 19.7. The fourth-order valence-electron chi connectivity index (χ4n) is 1.54. The zero-order valence-corrected chi connectivity index (χ0v) is 9.35. The second kappa shape index (κ2) is 4.71. The van der Waals surface area contributed by atoms with Crippen LogP contribution in [0.2, 0.25) is 0 Å². The molecule has 1 atom stereocenters. The molecule has 0 amide bonds. The van der Waals surface area contributed by atoms with E-state index in [0.29, 0.717) is 5.92 Å². The fraction of sp³-hybridized carbons (Fsp3) is 0.143. The Hall–Kier alpha value is -1.96. The van der Waals surface area contributed by atoms with E-state index in [-0.39, 0.29) is 0 Å². The second-order valence-electron chi connectivity index (χ2n) is 3.94. The standard InChI is InChI=1S/C14H16N2/c1-11-7-9-13(15)14(10-8-11)16-12-5-3-2-4-6-12/h2-11,16H,15H2,1H3. The first kappa shape index (κ1) is 10.6. The summed E-state index contributed by atoms with van der Waals surface area (Å²) in [5.41, 5.74) is 8.74. The molecule has 3 N–H and O–H groups in total.